The minimum atomic E-state index is -1.29. The monoisotopic (exact) mass is 889 g/mol. The van der Waals surface area contributed by atoms with E-state index in [0.717, 1.165) is 11.1 Å². The summed E-state index contributed by atoms with van der Waals surface area (Å²) in [4.78, 5) is 89.2. The molecule has 0 radical (unpaired) electrons. The Bertz CT molecular complexity index is 2540. The first-order valence-corrected chi connectivity index (χ1v) is 21.6. The summed E-state index contributed by atoms with van der Waals surface area (Å²) < 4.78 is 4.93. The number of phenolic OH excluding ortho intramolecular Hbond substituents is 2. The van der Waals surface area contributed by atoms with Gasteiger partial charge in [-0.25, -0.2) is 0 Å². The van der Waals surface area contributed by atoms with Crippen LogP contribution in [0.4, 0.5) is 0 Å². The van der Waals surface area contributed by atoms with E-state index in [-0.39, 0.29) is 65.8 Å². The number of aryl methyl sites for hydroxylation is 1. The van der Waals surface area contributed by atoms with Crippen molar-refractivity contribution in [3.63, 3.8) is 0 Å². The van der Waals surface area contributed by atoms with Gasteiger partial charge in [0.25, 0.3) is 0 Å². The largest absolute Gasteiger partial charge is 0.507 e. The normalized spacial score (nSPS) is 17.4. The average molecular weight is 890 g/mol. The van der Waals surface area contributed by atoms with E-state index in [2.05, 4.69) is 15.5 Å². The minimum absolute atomic E-state index is 0.0438. The van der Waals surface area contributed by atoms with Crippen molar-refractivity contribution in [3.05, 3.63) is 118 Å². The van der Waals surface area contributed by atoms with Crippen molar-refractivity contribution < 1.29 is 43.5 Å². The number of benzene rings is 4. The minimum Gasteiger partial charge on any atom is -0.507 e. The second kappa shape index (κ2) is 20.8. The molecule has 15 heteroatoms. The maximum atomic E-state index is 14.7. The number of nitrogens with one attached hydrogen (secondary N) is 1. The van der Waals surface area contributed by atoms with Crippen LogP contribution in [0.1, 0.15) is 96.4 Å². The zero-order valence-corrected chi connectivity index (χ0v) is 36.9. The van der Waals surface area contributed by atoms with E-state index in [0.29, 0.717) is 47.5 Å². The molecule has 64 heavy (non-hydrogen) atoms. The highest BCUT2D eigenvalue weighted by molar-refractivity contribution is 6.30. The molecule has 5 N–H and O–H groups in total. The molecule has 0 spiro atoms. The maximum absolute atomic E-state index is 14.7. The number of carbonyl (C=O) groups excluding carboxylic acids is 6. The van der Waals surface area contributed by atoms with Crippen molar-refractivity contribution in [1.29, 1.82) is 0 Å². The first-order chi connectivity index (χ1) is 30.5. The van der Waals surface area contributed by atoms with Crippen molar-refractivity contribution >= 4 is 46.5 Å². The lowest BCUT2D eigenvalue weighted by Gasteiger charge is -2.32. The Kier molecular flexibility index (Phi) is 15.3. The number of unbranched alkanes of at least 4 members (excludes halogenated alkanes) is 1. The maximum Gasteiger partial charge on any atom is 0.238 e. The Labute approximate surface area is 376 Å². The van der Waals surface area contributed by atoms with E-state index >= 15 is 0 Å². The van der Waals surface area contributed by atoms with Gasteiger partial charge in [-0.1, -0.05) is 85.6 Å². The summed E-state index contributed by atoms with van der Waals surface area (Å²) in [5.41, 5.74) is 9.16. The summed E-state index contributed by atoms with van der Waals surface area (Å²) in [7, 11) is 1.47. The number of amides is 2. The van der Waals surface area contributed by atoms with Crippen LogP contribution >= 0.6 is 11.6 Å². The Morgan fingerprint density at radius 2 is 1.53 bits per heavy atom. The second-order valence-electron chi connectivity index (χ2n) is 16.6. The molecule has 14 nitrogen and oxygen atoms in total. The summed E-state index contributed by atoms with van der Waals surface area (Å²) in [6, 6.07) is 20.9. The Morgan fingerprint density at radius 1 is 0.891 bits per heavy atom. The number of likely N-dealkylation sites (N-methyl/N-ethyl adjacent to an activating group) is 1. The molecular weight excluding hydrogens is 838 g/mol. The fraction of sp³-hybridized carbons (Fsp3) is 0.347. The molecule has 0 unspecified atom stereocenters. The number of fused-ring (bicyclic) bond motifs is 5. The third-order valence-corrected chi connectivity index (χ3v) is 12.0. The van der Waals surface area contributed by atoms with E-state index < -0.39 is 59.0 Å². The van der Waals surface area contributed by atoms with Gasteiger partial charge in [0, 0.05) is 72.7 Å². The number of Topliss-reactive ketones (excluding diaryl/α,β-unsaturated/α-hetero) is 4. The fourth-order valence-corrected chi connectivity index (χ4v) is 8.17. The molecule has 4 bridgehead atoms. The van der Waals surface area contributed by atoms with Crippen molar-refractivity contribution in [2.45, 2.75) is 77.8 Å². The van der Waals surface area contributed by atoms with Gasteiger partial charge in [-0.3, -0.25) is 28.8 Å². The number of aromatic hydroxyl groups is 2. The number of aromatic nitrogens is 2. The van der Waals surface area contributed by atoms with Gasteiger partial charge in [0.05, 0.1) is 6.04 Å². The summed E-state index contributed by atoms with van der Waals surface area (Å²) >= 11 is 6.06. The van der Waals surface area contributed by atoms with Gasteiger partial charge < -0.3 is 30.7 Å². The standard InChI is InChI=1S/C49H52ClN5O9/c1-27(46(61)47-52-29(3)64-54-47)21-43(59)39-24-30-8-18-40(56)37(23-30)38-25-34(15-19-41(38)57)45(44(60)22-28(2)48(62)53-39)55(4)49(63)35(7-5-6-20-51)26-42(58)33-11-9-31(10-12-33)32-13-16-36(50)17-14-32/h8-19,23,25,27-28,35,39,45,56-57H,5-7,20-22,24,26,51H2,1-4H3,(H,53,62)/t27-,28-,35-,39+,45+/m1/s1. The summed E-state index contributed by atoms with van der Waals surface area (Å²) in [6.45, 7) is 5.00. The fourth-order valence-electron chi connectivity index (χ4n) is 8.04. The van der Waals surface area contributed by atoms with Crippen LogP contribution in [0, 0.1) is 24.7 Å². The molecule has 1 aromatic heterocycles. The quantitative estimate of drug-likeness (QED) is 0.0596. The van der Waals surface area contributed by atoms with Gasteiger partial charge in [0.1, 0.15) is 17.5 Å². The van der Waals surface area contributed by atoms with Gasteiger partial charge in [0.15, 0.2) is 17.3 Å². The molecule has 6 rings (SSSR count). The van der Waals surface area contributed by atoms with Crippen molar-refractivity contribution in [3.8, 4) is 33.8 Å². The number of rotatable bonds is 15. The highest BCUT2D eigenvalue weighted by atomic mass is 35.5. The van der Waals surface area contributed by atoms with Gasteiger partial charge in [-0.15, -0.1) is 0 Å². The predicted molar refractivity (Wildman–Crippen MR) is 240 cm³/mol. The highest BCUT2D eigenvalue weighted by Crippen LogP contribution is 2.40. The molecule has 0 aliphatic carbocycles. The highest BCUT2D eigenvalue weighted by Gasteiger charge is 2.36. The third-order valence-electron chi connectivity index (χ3n) is 11.7. The topological polar surface area (TPSA) is 223 Å². The van der Waals surface area contributed by atoms with Crippen LogP contribution in [-0.4, -0.2) is 79.8 Å². The smallest absolute Gasteiger partial charge is 0.238 e. The number of nitrogens with zero attached hydrogens (tertiary/aromatic N) is 3. The van der Waals surface area contributed by atoms with Crippen LogP contribution in [0.5, 0.6) is 11.5 Å². The number of nitrogens with two attached hydrogens (primary N) is 1. The number of phenols is 2. The molecule has 334 valence electrons. The zero-order chi connectivity index (χ0) is 46.2. The molecule has 1 aliphatic rings. The molecule has 1 aliphatic heterocycles. The lowest BCUT2D eigenvalue weighted by molar-refractivity contribution is -0.142. The zero-order valence-electron chi connectivity index (χ0n) is 36.2. The summed E-state index contributed by atoms with van der Waals surface area (Å²) in [5, 5.41) is 29.4. The van der Waals surface area contributed by atoms with Gasteiger partial charge in [0.2, 0.25) is 29.3 Å². The average Bonchev–Trinajstić information content (AvgIpc) is 3.72. The van der Waals surface area contributed by atoms with E-state index in [1.165, 1.54) is 50.1 Å². The molecular formula is C49H52ClN5O9. The van der Waals surface area contributed by atoms with Gasteiger partial charge in [-0.2, -0.15) is 4.98 Å². The van der Waals surface area contributed by atoms with Crippen molar-refractivity contribution in [1.82, 2.24) is 20.4 Å². The number of carbonyl (C=O) groups is 6. The lowest BCUT2D eigenvalue weighted by Crippen LogP contribution is -2.46. The molecule has 0 saturated heterocycles. The molecule has 0 fully saturated rings. The Hall–Kier alpha value is -6.51. The van der Waals surface area contributed by atoms with Crippen LogP contribution in [0.25, 0.3) is 22.3 Å². The van der Waals surface area contributed by atoms with E-state index in [4.69, 9.17) is 21.9 Å². The van der Waals surface area contributed by atoms with Crippen LogP contribution in [-0.2, 0) is 25.6 Å². The van der Waals surface area contributed by atoms with Crippen molar-refractivity contribution in [2.24, 2.45) is 23.5 Å². The first kappa shape index (κ1) is 47.0. The summed E-state index contributed by atoms with van der Waals surface area (Å²) in [6.07, 6.45) is 0.628. The third kappa shape index (κ3) is 11.2. The number of ketones is 4. The van der Waals surface area contributed by atoms with E-state index in [9.17, 15) is 39.0 Å². The second-order valence-corrected chi connectivity index (χ2v) is 17.0. The van der Waals surface area contributed by atoms with Crippen molar-refractivity contribution in [2.75, 3.05) is 13.6 Å². The van der Waals surface area contributed by atoms with E-state index in [1.54, 1.807) is 43.3 Å². The SMILES string of the molecule is Cc1nc(C(=O)[C@H](C)CC(=O)[C@@H]2Cc3ccc(O)c(c3)-c3cc(ccc3O)[C@H](N(C)C(=O)[C@H](CCCCN)CC(=O)c3ccc(-c4ccc(Cl)cc4)cc3)C(=O)C[C@@H](C)C(=O)N2)no1. The predicted octanol–water partition coefficient (Wildman–Crippen LogP) is 7.41. The number of hydrogen-bond acceptors (Lipinski definition) is 12. The van der Waals surface area contributed by atoms with Gasteiger partial charge in [-0.05, 0) is 84.5 Å². The van der Waals surface area contributed by atoms with Crippen LogP contribution < -0.4 is 11.1 Å². The molecule has 5 aromatic rings. The molecule has 2 heterocycles. The first-order valence-electron chi connectivity index (χ1n) is 21.3. The molecule has 4 aromatic carbocycles. The molecule has 2 amide bonds. The Morgan fingerprint density at radius 3 is 2.17 bits per heavy atom. The van der Waals surface area contributed by atoms with Gasteiger partial charge >= 0.3 is 0 Å². The van der Waals surface area contributed by atoms with E-state index in [1.807, 2.05) is 24.3 Å². The van der Waals surface area contributed by atoms with Crippen LogP contribution in [0.15, 0.2) is 89.5 Å². The number of hydrogen-bond donors (Lipinski definition) is 4. The van der Waals surface area contributed by atoms with Crippen LogP contribution in [0.3, 0.4) is 0 Å². The Balaban J connectivity index is 1.31. The lowest BCUT2D eigenvalue weighted by atomic mass is 9.87. The molecule has 5 atom stereocenters. The number of halogens is 1. The summed E-state index contributed by atoms with van der Waals surface area (Å²) in [5.74, 6) is -5.99. The molecule has 0 saturated carbocycles. The van der Waals surface area contributed by atoms with Crippen LogP contribution in [0.2, 0.25) is 5.02 Å².